The summed E-state index contributed by atoms with van der Waals surface area (Å²) < 4.78 is 11.5. The van der Waals surface area contributed by atoms with E-state index in [-0.39, 0.29) is 18.7 Å². The first-order valence-corrected chi connectivity index (χ1v) is 12.2. The molecule has 1 aromatic heterocycles. The van der Waals surface area contributed by atoms with Crippen LogP contribution in [0.2, 0.25) is 0 Å². The number of amides is 1. The summed E-state index contributed by atoms with van der Waals surface area (Å²) in [4.78, 5) is 25.1. The van der Waals surface area contributed by atoms with Gasteiger partial charge in [-0.2, -0.15) is 0 Å². The molecule has 1 aliphatic heterocycles. The molecule has 3 N–H and O–H groups in total. The van der Waals surface area contributed by atoms with Crippen molar-refractivity contribution in [2.45, 2.75) is 51.4 Å². The zero-order chi connectivity index (χ0) is 25.4. The number of nitrogens with one attached hydrogen (secondary N) is 2. The van der Waals surface area contributed by atoms with Gasteiger partial charge in [0, 0.05) is 12.6 Å². The number of aromatic amines is 1. The highest BCUT2D eigenvalue weighted by Gasteiger charge is 2.38. The summed E-state index contributed by atoms with van der Waals surface area (Å²) in [6, 6.07) is 17.6. The summed E-state index contributed by atoms with van der Waals surface area (Å²) in [5, 5.41) is 22.9. The Morgan fingerprint density at radius 3 is 2.56 bits per heavy atom. The van der Waals surface area contributed by atoms with Gasteiger partial charge in [0.25, 0.3) is 5.91 Å². The molecule has 0 aliphatic carbocycles. The molecular formula is C27H32N4O5. The number of H-pyrrole nitrogens is 1. The van der Waals surface area contributed by atoms with Crippen molar-refractivity contribution in [2.75, 3.05) is 13.2 Å². The van der Waals surface area contributed by atoms with Gasteiger partial charge in [-0.3, -0.25) is 14.7 Å². The van der Waals surface area contributed by atoms with Crippen LogP contribution in [0, 0.1) is 5.41 Å². The predicted octanol–water partition coefficient (Wildman–Crippen LogP) is 3.84. The average Bonchev–Trinajstić information content (AvgIpc) is 3.44. The number of hydrogen-bond acceptors (Lipinski definition) is 6. The third kappa shape index (κ3) is 6.77. The van der Waals surface area contributed by atoms with Crippen LogP contribution >= 0.6 is 0 Å². The van der Waals surface area contributed by atoms with Gasteiger partial charge in [-0.05, 0) is 55.7 Å². The lowest BCUT2D eigenvalue weighted by Crippen LogP contribution is -2.45. The van der Waals surface area contributed by atoms with E-state index >= 15 is 0 Å². The molecule has 3 atom stereocenters. The monoisotopic (exact) mass is 492 g/mol. The Morgan fingerprint density at radius 2 is 1.92 bits per heavy atom. The second-order valence-corrected chi connectivity index (χ2v) is 9.47. The Hall–Kier alpha value is -3.56. The Bertz CT molecular complexity index is 1110. The number of benzene rings is 2. The summed E-state index contributed by atoms with van der Waals surface area (Å²) in [6.45, 7) is 2.24. The summed E-state index contributed by atoms with van der Waals surface area (Å²) in [5.41, 5.74) is 2.08. The molecule has 2 unspecified atom stereocenters. The highest BCUT2D eigenvalue weighted by atomic mass is 16.7. The minimum Gasteiger partial charge on any atom is -0.481 e. The fourth-order valence-corrected chi connectivity index (χ4v) is 4.37. The Labute approximate surface area is 210 Å². The first kappa shape index (κ1) is 25.5. The smallest absolute Gasteiger partial charge is 0.311 e. The number of aromatic nitrogens is 3. The molecule has 9 heteroatoms. The van der Waals surface area contributed by atoms with Gasteiger partial charge in [-0.15, -0.1) is 5.10 Å². The molecule has 0 bridgehead atoms. The number of ether oxygens (including phenoxy) is 2. The maximum Gasteiger partial charge on any atom is 0.311 e. The highest BCUT2D eigenvalue weighted by Crippen LogP contribution is 2.28. The third-order valence-electron chi connectivity index (χ3n) is 6.47. The summed E-state index contributed by atoms with van der Waals surface area (Å²) >= 11 is 0. The molecule has 36 heavy (non-hydrogen) atoms. The van der Waals surface area contributed by atoms with Gasteiger partial charge >= 0.3 is 5.97 Å². The average molecular weight is 493 g/mol. The van der Waals surface area contributed by atoms with E-state index in [1.54, 1.807) is 6.92 Å². The molecular weight excluding hydrogens is 460 g/mol. The summed E-state index contributed by atoms with van der Waals surface area (Å²) in [5.74, 6) is -1.41. The lowest BCUT2D eigenvalue weighted by atomic mass is 9.82. The van der Waals surface area contributed by atoms with E-state index in [0.29, 0.717) is 13.0 Å². The number of nitrogens with zero attached hydrogens (tertiary/aromatic N) is 2. The van der Waals surface area contributed by atoms with Crippen LogP contribution in [0.25, 0.3) is 11.1 Å². The largest absolute Gasteiger partial charge is 0.481 e. The molecule has 190 valence electrons. The number of aliphatic carboxylic acids is 1. The second kappa shape index (κ2) is 11.9. The van der Waals surface area contributed by atoms with Gasteiger partial charge in [-0.1, -0.05) is 59.8 Å². The molecule has 2 heterocycles. The molecule has 0 saturated carbocycles. The number of hydrogen-bond donors (Lipinski definition) is 3. The Balaban J connectivity index is 1.49. The van der Waals surface area contributed by atoms with Crippen LogP contribution < -0.4 is 5.32 Å². The van der Waals surface area contributed by atoms with Crippen molar-refractivity contribution in [2.24, 2.45) is 5.41 Å². The van der Waals surface area contributed by atoms with Crippen molar-refractivity contribution >= 4 is 11.9 Å². The van der Waals surface area contributed by atoms with Crippen LogP contribution in [0.15, 0.2) is 60.8 Å². The molecule has 9 nitrogen and oxygen atoms in total. The quantitative estimate of drug-likeness (QED) is 0.371. The van der Waals surface area contributed by atoms with E-state index in [0.717, 1.165) is 36.0 Å². The zero-order valence-corrected chi connectivity index (χ0v) is 20.4. The zero-order valence-electron chi connectivity index (χ0n) is 20.4. The van der Waals surface area contributed by atoms with Gasteiger partial charge in [0.1, 0.15) is 0 Å². The van der Waals surface area contributed by atoms with E-state index in [4.69, 9.17) is 9.47 Å². The summed E-state index contributed by atoms with van der Waals surface area (Å²) in [7, 11) is 0. The van der Waals surface area contributed by atoms with Crippen molar-refractivity contribution in [3.8, 4) is 11.1 Å². The van der Waals surface area contributed by atoms with Crippen LogP contribution in [0.4, 0.5) is 0 Å². The van der Waals surface area contributed by atoms with E-state index < -0.39 is 29.6 Å². The van der Waals surface area contributed by atoms with E-state index in [9.17, 15) is 14.7 Å². The number of carbonyl (C=O) groups excluding carboxylic acids is 1. The van der Waals surface area contributed by atoms with Crippen LogP contribution in [0.1, 0.15) is 48.7 Å². The topological polar surface area (TPSA) is 126 Å². The van der Waals surface area contributed by atoms with Crippen molar-refractivity contribution in [3.05, 3.63) is 72.1 Å². The fourth-order valence-electron chi connectivity index (χ4n) is 4.37. The molecule has 1 aliphatic rings. The predicted molar refractivity (Wildman–Crippen MR) is 133 cm³/mol. The normalized spacial score (nSPS) is 18.2. The lowest BCUT2D eigenvalue weighted by Gasteiger charge is -2.32. The SMILES string of the molecule is CC(COC1CCCCO1)(C[C@@H](Cc1ccc(-c2ccccc2)cc1)NC(=O)c1c[nH]nn1)C(=O)O. The van der Waals surface area contributed by atoms with E-state index in [1.807, 2.05) is 54.6 Å². The van der Waals surface area contributed by atoms with Crippen molar-refractivity contribution < 1.29 is 24.2 Å². The van der Waals surface area contributed by atoms with E-state index in [2.05, 4.69) is 20.7 Å². The van der Waals surface area contributed by atoms with Crippen molar-refractivity contribution in [1.82, 2.24) is 20.7 Å². The highest BCUT2D eigenvalue weighted by molar-refractivity contribution is 5.92. The molecule has 1 amide bonds. The molecule has 2 aromatic carbocycles. The molecule has 1 fully saturated rings. The molecule has 4 rings (SSSR count). The van der Waals surface area contributed by atoms with Crippen molar-refractivity contribution in [1.29, 1.82) is 0 Å². The Morgan fingerprint density at radius 1 is 1.17 bits per heavy atom. The van der Waals surface area contributed by atoms with Gasteiger partial charge in [-0.25, -0.2) is 0 Å². The van der Waals surface area contributed by atoms with Gasteiger partial charge in [0.05, 0.1) is 18.2 Å². The number of rotatable bonds is 11. The third-order valence-corrected chi connectivity index (χ3v) is 6.47. The fraction of sp³-hybridized carbons (Fsp3) is 0.407. The molecule has 0 spiro atoms. The standard InChI is InChI=1S/C27H32N4O5/c1-27(26(33)34,18-36-24-9-5-6-14-35-24)16-22(29-25(32)23-17-28-31-30-23)15-19-10-12-21(13-11-19)20-7-3-2-4-8-20/h2-4,7-8,10-13,17,22,24H,5-6,9,14-16,18H2,1H3,(H,29,32)(H,33,34)(H,28,30,31)/t22-,24?,27?/m1/s1. The lowest BCUT2D eigenvalue weighted by molar-refractivity contribution is -0.187. The van der Waals surface area contributed by atoms with Gasteiger partial charge in [0.15, 0.2) is 12.0 Å². The van der Waals surface area contributed by atoms with Crippen LogP contribution in [-0.2, 0) is 20.7 Å². The minimum absolute atomic E-state index is 0.0176. The number of carboxylic acids is 1. The summed E-state index contributed by atoms with van der Waals surface area (Å²) in [6.07, 6.45) is 4.34. The van der Waals surface area contributed by atoms with Crippen LogP contribution in [0.5, 0.6) is 0 Å². The van der Waals surface area contributed by atoms with Gasteiger partial charge < -0.3 is 19.9 Å². The second-order valence-electron chi connectivity index (χ2n) is 9.47. The van der Waals surface area contributed by atoms with Crippen LogP contribution in [0.3, 0.4) is 0 Å². The maximum atomic E-state index is 12.8. The molecule has 3 aromatic rings. The first-order chi connectivity index (χ1) is 17.4. The molecule has 0 radical (unpaired) electrons. The number of carbonyl (C=O) groups is 2. The minimum atomic E-state index is -1.23. The first-order valence-electron chi connectivity index (χ1n) is 12.2. The van der Waals surface area contributed by atoms with E-state index in [1.165, 1.54) is 6.20 Å². The Kier molecular flexibility index (Phi) is 8.45. The van der Waals surface area contributed by atoms with Crippen LogP contribution in [-0.4, -0.2) is 57.9 Å². The van der Waals surface area contributed by atoms with Crippen molar-refractivity contribution in [3.63, 3.8) is 0 Å². The number of carboxylic acid groups (broad SMARTS) is 1. The van der Waals surface area contributed by atoms with Gasteiger partial charge in [0.2, 0.25) is 0 Å². The molecule has 1 saturated heterocycles. The maximum absolute atomic E-state index is 12.8.